The fraction of sp³-hybridized carbons (Fsp3) is 0.900. The fourth-order valence-electron chi connectivity index (χ4n) is 2.26. The van der Waals surface area contributed by atoms with Crippen molar-refractivity contribution >= 4 is 5.91 Å². The molecule has 0 bridgehead atoms. The highest BCUT2D eigenvalue weighted by atomic mass is 16.1. The molecule has 2 nitrogen and oxygen atoms in total. The Bertz CT molecular complexity index is 194. The molecule has 0 aromatic heterocycles. The number of hydrogen-bond donors (Lipinski definition) is 1. The Morgan fingerprint density at radius 3 is 2.33 bits per heavy atom. The third-order valence-electron chi connectivity index (χ3n) is 2.36. The smallest absolute Gasteiger partial charge is 0.220 e. The number of carbonyl (C=O) groups excluding carboxylic acids is 1. The minimum Gasteiger partial charge on any atom is -0.356 e. The zero-order valence-corrected chi connectivity index (χ0v) is 8.53. The average molecular weight is 169 g/mol. The number of rotatable bonds is 0. The molecule has 1 N–H and O–H groups in total. The molecule has 1 fully saturated rings. The Morgan fingerprint density at radius 2 is 1.75 bits per heavy atom. The summed E-state index contributed by atoms with van der Waals surface area (Å²) in [5.74, 6) is 0.200. The Balaban J connectivity index is 2.76. The van der Waals surface area contributed by atoms with Gasteiger partial charge in [0.1, 0.15) is 0 Å². The predicted octanol–water partition coefficient (Wildman–Crippen LogP) is 1.95. The van der Waals surface area contributed by atoms with E-state index in [0.29, 0.717) is 6.42 Å². The molecular formula is C10H19NO. The van der Waals surface area contributed by atoms with Gasteiger partial charge in [-0.25, -0.2) is 0 Å². The van der Waals surface area contributed by atoms with E-state index in [0.717, 1.165) is 13.0 Å². The van der Waals surface area contributed by atoms with Crippen LogP contribution in [0, 0.1) is 10.8 Å². The summed E-state index contributed by atoms with van der Waals surface area (Å²) in [5, 5.41) is 2.95. The van der Waals surface area contributed by atoms with Gasteiger partial charge in [-0.3, -0.25) is 4.79 Å². The molecule has 0 aliphatic carbocycles. The van der Waals surface area contributed by atoms with Gasteiger partial charge in [0.05, 0.1) is 0 Å². The first-order chi connectivity index (χ1) is 5.31. The largest absolute Gasteiger partial charge is 0.356 e. The van der Waals surface area contributed by atoms with Crippen LogP contribution in [0.3, 0.4) is 0 Å². The fourth-order valence-corrected chi connectivity index (χ4v) is 2.26. The lowest BCUT2D eigenvalue weighted by atomic mass is 9.75. The van der Waals surface area contributed by atoms with E-state index in [1.165, 1.54) is 0 Å². The van der Waals surface area contributed by atoms with Gasteiger partial charge in [0.15, 0.2) is 0 Å². The summed E-state index contributed by atoms with van der Waals surface area (Å²) in [6.07, 6.45) is 1.77. The summed E-state index contributed by atoms with van der Waals surface area (Å²) >= 11 is 0. The van der Waals surface area contributed by atoms with E-state index in [1.54, 1.807) is 0 Å². The second kappa shape index (κ2) is 2.75. The summed E-state index contributed by atoms with van der Waals surface area (Å²) in [5.41, 5.74) is 0.403. The molecule has 0 spiro atoms. The van der Waals surface area contributed by atoms with Gasteiger partial charge in [-0.2, -0.15) is 0 Å². The molecule has 1 aliphatic rings. The van der Waals surface area contributed by atoms with Crippen LogP contribution in [-0.2, 0) is 4.79 Å². The van der Waals surface area contributed by atoms with Crippen molar-refractivity contribution < 1.29 is 4.79 Å². The first kappa shape index (κ1) is 9.56. The summed E-state index contributed by atoms with van der Waals surface area (Å²) in [7, 11) is 0. The van der Waals surface area contributed by atoms with E-state index >= 15 is 0 Å². The van der Waals surface area contributed by atoms with E-state index in [1.807, 2.05) is 0 Å². The standard InChI is InChI=1S/C10H19NO/c1-9(2)5-8(12)11-7-10(3,4)6-9/h5-7H2,1-4H3,(H,11,12). The summed E-state index contributed by atoms with van der Waals surface area (Å²) < 4.78 is 0. The van der Waals surface area contributed by atoms with Crippen molar-refractivity contribution in [2.45, 2.75) is 40.5 Å². The van der Waals surface area contributed by atoms with Gasteiger partial charge >= 0.3 is 0 Å². The molecule has 0 atom stereocenters. The second-order valence-corrected chi connectivity index (χ2v) is 5.46. The monoisotopic (exact) mass is 169 g/mol. The minimum absolute atomic E-state index is 0.157. The molecule has 2 heteroatoms. The lowest BCUT2D eigenvalue weighted by Gasteiger charge is -2.30. The molecule has 0 unspecified atom stereocenters. The molecule has 0 radical (unpaired) electrons. The van der Waals surface area contributed by atoms with Crippen LogP contribution in [0.2, 0.25) is 0 Å². The van der Waals surface area contributed by atoms with Gasteiger partial charge in [0.2, 0.25) is 5.91 Å². The average Bonchev–Trinajstić information content (AvgIpc) is 1.86. The maximum Gasteiger partial charge on any atom is 0.220 e. The van der Waals surface area contributed by atoms with Crippen molar-refractivity contribution in [3.8, 4) is 0 Å². The lowest BCUT2D eigenvalue weighted by molar-refractivity contribution is -0.122. The molecule has 1 rings (SSSR count). The van der Waals surface area contributed by atoms with Gasteiger partial charge in [-0.05, 0) is 17.3 Å². The van der Waals surface area contributed by atoms with E-state index in [-0.39, 0.29) is 16.7 Å². The third-order valence-corrected chi connectivity index (χ3v) is 2.36. The molecule has 1 heterocycles. The van der Waals surface area contributed by atoms with E-state index in [2.05, 4.69) is 33.0 Å². The van der Waals surface area contributed by atoms with Crippen LogP contribution in [0.4, 0.5) is 0 Å². The van der Waals surface area contributed by atoms with Crippen molar-refractivity contribution in [3.05, 3.63) is 0 Å². The number of amides is 1. The second-order valence-electron chi connectivity index (χ2n) is 5.46. The first-order valence-corrected chi connectivity index (χ1v) is 4.58. The number of nitrogens with one attached hydrogen (secondary N) is 1. The van der Waals surface area contributed by atoms with Crippen LogP contribution >= 0.6 is 0 Å². The Kier molecular flexibility index (Phi) is 2.19. The summed E-state index contributed by atoms with van der Waals surface area (Å²) in [4.78, 5) is 11.3. The molecule has 12 heavy (non-hydrogen) atoms. The number of hydrogen-bond acceptors (Lipinski definition) is 1. The molecule has 70 valence electrons. The van der Waals surface area contributed by atoms with Crippen LogP contribution in [0.15, 0.2) is 0 Å². The van der Waals surface area contributed by atoms with Gasteiger partial charge in [-0.15, -0.1) is 0 Å². The molecule has 1 aliphatic heterocycles. The van der Waals surface area contributed by atoms with E-state index in [9.17, 15) is 4.79 Å². The summed E-state index contributed by atoms with van der Waals surface area (Å²) in [6, 6.07) is 0. The molecule has 0 aromatic carbocycles. The molecule has 0 saturated carbocycles. The van der Waals surface area contributed by atoms with Gasteiger partial charge in [-0.1, -0.05) is 27.7 Å². The van der Waals surface area contributed by atoms with Gasteiger partial charge < -0.3 is 5.32 Å². The van der Waals surface area contributed by atoms with Crippen LogP contribution < -0.4 is 5.32 Å². The Labute approximate surface area is 74.7 Å². The van der Waals surface area contributed by atoms with E-state index in [4.69, 9.17) is 0 Å². The van der Waals surface area contributed by atoms with Gasteiger partial charge in [0.25, 0.3) is 0 Å². The molecule has 1 saturated heterocycles. The van der Waals surface area contributed by atoms with Crippen molar-refractivity contribution in [2.75, 3.05) is 6.54 Å². The van der Waals surface area contributed by atoms with Crippen LogP contribution in [-0.4, -0.2) is 12.5 Å². The molecule has 0 aromatic rings. The maximum absolute atomic E-state index is 11.3. The number of carbonyl (C=O) groups is 1. The van der Waals surface area contributed by atoms with Crippen molar-refractivity contribution in [3.63, 3.8) is 0 Å². The Hall–Kier alpha value is -0.530. The minimum atomic E-state index is 0.157. The highest BCUT2D eigenvalue weighted by Crippen LogP contribution is 2.37. The zero-order valence-electron chi connectivity index (χ0n) is 8.53. The van der Waals surface area contributed by atoms with Crippen LogP contribution in [0.1, 0.15) is 40.5 Å². The Morgan fingerprint density at radius 1 is 1.17 bits per heavy atom. The topological polar surface area (TPSA) is 29.1 Å². The van der Waals surface area contributed by atoms with Crippen LogP contribution in [0.5, 0.6) is 0 Å². The zero-order chi connectivity index (χ0) is 9.41. The van der Waals surface area contributed by atoms with Gasteiger partial charge in [0, 0.05) is 13.0 Å². The highest BCUT2D eigenvalue weighted by Gasteiger charge is 2.33. The molecular weight excluding hydrogens is 150 g/mol. The normalized spacial score (nSPS) is 27.5. The first-order valence-electron chi connectivity index (χ1n) is 4.58. The summed E-state index contributed by atoms with van der Waals surface area (Å²) in [6.45, 7) is 9.56. The quantitative estimate of drug-likeness (QED) is 0.590. The van der Waals surface area contributed by atoms with Crippen molar-refractivity contribution in [1.82, 2.24) is 5.32 Å². The SMILES string of the molecule is CC1(C)CNC(=O)CC(C)(C)C1. The predicted molar refractivity (Wildman–Crippen MR) is 49.8 cm³/mol. The van der Waals surface area contributed by atoms with Crippen molar-refractivity contribution in [2.24, 2.45) is 10.8 Å². The maximum atomic E-state index is 11.3. The van der Waals surface area contributed by atoms with Crippen molar-refractivity contribution in [1.29, 1.82) is 0 Å². The lowest BCUT2D eigenvalue weighted by Crippen LogP contribution is -2.30. The molecule has 1 amide bonds. The highest BCUT2D eigenvalue weighted by molar-refractivity contribution is 5.76. The van der Waals surface area contributed by atoms with Crippen LogP contribution in [0.25, 0.3) is 0 Å². The van der Waals surface area contributed by atoms with E-state index < -0.39 is 0 Å². The third kappa shape index (κ3) is 2.50.